The van der Waals surface area contributed by atoms with E-state index in [9.17, 15) is 9.59 Å². The van der Waals surface area contributed by atoms with Crippen LogP contribution in [-0.4, -0.2) is 37.5 Å². The van der Waals surface area contributed by atoms with Crippen molar-refractivity contribution in [3.8, 4) is 0 Å². The minimum absolute atomic E-state index is 0.00748. The highest BCUT2D eigenvalue weighted by molar-refractivity contribution is 5.83. The first-order valence-electron chi connectivity index (χ1n) is 5.53. The van der Waals surface area contributed by atoms with E-state index < -0.39 is 0 Å². The van der Waals surface area contributed by atoms with Gasteiger partial charge in [0.1, 0.15) is 0 Å². The Labute approximate surface area is 89.0 Å². The lowest BCUT2D eigenvalue weighted by Crippen LogP contribution is -2.45. The summed E-state index contributed by atoms with van der Waals surface area (Å²) in [5.41, 5.74) is 0. The molecule has 2 aliphatic rings. The van der Waals surface area contributed by atoms with E-state index in [4.69, 9.17) is 0 Å². The number of rotatable bonds is 2. The summed E-state index contributed by atoms with van der Waals surface area (Å²) < 4.78 is 0. The zero-order chi connectivity index (χ0) is 10.7. The van der Waals surface area contributed by atoms with Gasteiger partial charge in [-0.1, -0.05) is 0 Å². The van der Waals surface area contributed by atoms with E-state index in [1.54, 1.807) is 0 Å². The number of amides is 2. The highest BCUT2D eigenvalue weighted by Crippen LogP contribution is 2.11. The molecule has 84 valence electrons. The van der Waals surface area contributed by atoms with Crippen molar-refractivity contribution in [3.05, 3.63) is 0 Å². The van der Waals surface area contributed by atoms with Crippen LogP contribution in [0.3, 0.4) is 0 Å². The van der Waals surface area contributed by atoms with Crippen LogP contribution in [0.25, 0.3) is 0 Å². The molecule has 5 heteroatoms. The summed E-state index contributed by atoms with van der Waals surface area (Å²) in [5.74, 6) is 0.195. The Morgan fingerprint density at radius 3 is 2.87 bits per heavy atom. The van der Waals surface area contributed by atoms with E-state index in [2.05, 4.69) is 16.0 Å². The van der Waals surface area contributed by atoms with Crippen molar-refractivity contribution in [2.45, 2.75) is 25.3 Å². The third-order valence-electron chi connectivity index (χ3n) is 2.99. The van der Waals surface area contributed by atoms with Crippen molar-refractivity contribution in [1.29, 1.82) is 0 Å². The van der Waals surface area contributed by atoms with Crippen LogP contribution < -0.4 is 16.0 Å². The summed E-state index contributed by atoms with van der Waals surface area (Å²) in [6.45, 7) is 2.35. The van der Waals surface area contributed by atoms with Crippen molar-refractivity contribution < 1.29 is 9.59 Å². The molecule has 0 aromatic carbocycles. The summed E-state index contributed by atoms with van der Waals surface area (Å²) in [6, 6.07) is -0.00748. The summed E-state index contributed by atoms with van der Waals surface area (Å²) in [4.78, 5) is 22.7. The van der Waals surface area contributed by atoms with Gasteiger partial charge in [0.2, 0.25) is 11.8 Å². The number of carbonyl (C=O) groups excluding carboxylic acids is 2. The first-order chi connectivity index (χ1) is 7.25. The van der Waals surface area contributed by atoms with Crippen molar-refractivity contribution in [2.24, 2.45) is 5.92 Å². The van der Waals surface area contributed by atoms with Crippen LogP contribution in [0.4, 0.5) is 0 Å². The molecule has 2 saturated heterocycles. The monoisotopic (exact) mass is 211 g/mol. The highest BCUT2D eigenvalue weighted by atomic mass is 16.2. The predicted octanol–water partition coefficient (Wildman–Crippen LogP) is -1.01. The van der Waals surface area contributed by atoms with Gasteiger partial charge < -0.3 is 16.0 Å². The van der Waals surface area contributed by atoms with Crippen molar-refractivity contribution in [2.75, 3.05) is 19.6 Å². The molecular formula is C10H17N3O2. The average Bonchev–Trinajstić information content (AvgIpc) is 2.65. The SMILES string of the molecule is O=C1CC(NC(=O)[C@@H]2CCCNC2)CN1. The first kappa shape index (κ1) is 10.4. The Morgan fingerprint density at radius 1 is 1.40 bits per heavy atom. The smallest absolute Gasteiger partial charge is 0.224 e. The van der Waals surface area contributed by atoms with Crippen molar-refractivity contribution in [1.82, 2.24) is 16.0 Å². The van der Waals surface area contributed by atoms with E-state index in [1.165, 1.54) is 0 Å². The molecule has 0 aromatic rings. The van der Waals surface area contributed by atoms with Gasteiger partial charge in [0.15, 0.2) is 0 Å². The normalized spacial score (nSPS) is 31.1. The zero-order valence-corrected chi connectivity index (χ0v) is 8.71. The summed E-state index contributed by atoms with van der Waals surface area (Å²) >= 11 is 0. The molecule has 2 rings (SSSR count). The highest BCUT2D eigenvalue weighted by Gasteiger charge is 2.27. The standard InChI is InChI=1S/C10H17N3O2/c14-9-4-8(6-12-9)13-10(15)7-2-1-3-11-5-7/h7-8,11H,1-6H2,(H,12,14)(H,13,15)/t7-,8?/m1/s1. The molecule has 0 radical (unpaired) electrons. The van der Waals surface area contributed by atoms with Crippen molar-refractivity contribution in [3.63, 3.8) is 0 Å². The Balaban J connectivity index is 1.78. The average molecular weight is 211 g/mol. The van der Waals surface area contributed by atoms with Gasteiger partial charge in [-0.3, -0.25) is 9.59 Å². The number of hydrogen-bond acceptors (Lipinski definition) is 3. The third kappa shape index (κ3) is 2.68. The fraction of sp³-hybridized carbons (Fsp3) is 0.800. The van der Waals surface area contributed by atoms with Crippen LogP contribution >= 0.6 is 0 Å². The minimum Gasteiger partial charge on any atom is -0.354 e. The molecule has 0 saturated carbocycles. The van der Waals surface area contributed by atoms with Crippen LogP contribution in [0.15, 0.2) is 0 Å². The predicted molar refractivity (Wildman–Crippen MR) is 55.2 cm³/mol. The Bertz CT molecular complexity index is 261. The van der Waals surface area contributed by atoms with Gasteiger partial charge in [0.25, 0.3) is 0 Å². The number of piperidine rings is 1. The van der Waals surface area contributed by atoms with Gasteiger partial charge in [0.05, 0.1) is 12.0 Å². The fourth-order valence-electron chi connectivity index (χ4n) is 2.10. The molecule has 2 aliphatic heterocycles. The maximum absolute atomic E-state index is 11.8. The van der Waals surface area contributed by atoms with Crippen LogP contribution in [-0.2, 0) is 9.59 Å². The lowest BCUT2D eigenvalue weighted by atomic mass is 9.98. The molecule has 2 atom stereocenters. The quantitative estimate of drug-likeness (QED) is 0.548. The molecule has 2 fully saturated rings. The molecule has 0 aliphatic carbocycles. The van der Waals surface area contributed by atoms with Crippen LogP contribution in [0.1, 0.15) is 19.3 Å². The van der Waals surface area contributed by atoms with E-state index in [-0.39, 0.29) is 23.8 Å². The van der Waals surface area contributed by atoms with Gasteiger partial charge >= 0.3 is 0 Å². The Hall–Kier alpha value is -1.10. The fourth-order valence-corrected chi connectivity index (χ4v) is 2.10. The van der Waals surface area contributed by atoms with Gasteiger partial charge in [0, 0.05) is 19.5 Å². The molecule has 3 N–H and O–H groups in total. The van der Waals surface area contributed by atoms with E-state index in [0.29, 0.717) is 13.0 Å². The van der Waals surface area contributed by atoms with E-state index >= 15 is 0 Å². The van der Waals surface area contributed by atoms with Crippen LogP contribution in [0, 0.1) is 5.92 Å². The molecular weight excluding hydrogens is 194 g/mol. The van der Waals surface area contributed by atoms with E-state index in [0.717, 1.165) is 25.9 Å². The second kappa shape index (κ2) is 4.61. The number of hydrogen-bond donors (Lipinski definition) is 3. The number of carbonyl (C=O) groups is 2. The van der Waals surface area contributed by atoms with Gasteiger partial charge in [-0.25, -0.2) is 0 Å². The first-order valence-corrected chi connectivity index (χ1v) is 5.53. The maximum Gasteiger partial charge on any atom is 0.224 e. The molecule has 1 unspecified atom stereocenters. The Kier molecular flexibility index (Phi) is 3.20. The third-order valence-corrected chi connectivity index (χ3v) is 2.99. The molecule has 2 amide bonds. The zero-order valence-electron chi connectivity index (χ0n) is 8.71. The lowest BCUT2D eigenvalue weighted by molar-refractivity contribution is -0.126. The molecule has 5 nitrogen and oxygen atoms in total. The summed E-state index contributed by atoms with van der Waals surface area (Å²) in [7, 11) is 0. The largest absolute Gasteiger partial charge is 0.354 e. The maximum atomic E-state index is 11.8. The van der Waals surface area contributed by atoms with Gasteiger partial charge in [-0.2, -0.15) is 0 Å². The molecule has 0 spiro atoms. The van der Waals surface area contributed by atoms with Gasteiger partial charge in [-0.05, 0) is 19.4 Å². The topological polar surface area (TPSA) is 70.2 Å². The second-order valence-corrected chi connectivity index (χ2v) is 4.26. The lowest BCUT2D eigenvalue weighted by Gasteiger charge is -2.23. The second-order valence-electron chi connectivity index (χ2n) is 4.26. The molecule has 2 heterocycles. The Morgan fingerprint density at radius 2 is 2.27 bits per heavy atom. The van der Waals surface area contributed by atoms with Gasteiger partial charge in [-0.15, -0.1) is 0 Å². The summed E-state index contributed by atoms with van der Waals surface area (Å²) in [6.07, 6.45) is 2.43. The van der Waals surface area contributed by atoms with Crippen LogP contribution in [0.2, 0.25) is 0 Å². The summed E-state index contributed by atoms with van der Waals surface area (Å²) in [5, 5.41) is 8.83. The van der Waals surface area contributed by atoms with Crippen molar-refractivity contribution >= 4 is 11.8 Å². The van der Waals surface area contributed by atoms with Crippen LogP contribution in [0.5, 0.6) is 0 Å². The molecule has 0 aromatic heterocycles. The number of nitrogens with one attached hydrogen (secondary N) is 3. The molecule has 15 heavy (non-hydrogen) atoms. The minimum atomic E-state index is -0.00748. The molecule has 0 bridgehead atoms. The van der Waals surface area contributed by atoms with E-state index in [1.807, 2.05) is 0 Å².